The monoisotopic (exact) mass is 895 g/mol. The Morgan fingerprint density at radius 1 is 0.246 bits per heavy atom. The fourth-order valence-corrected chi connectivity index (χ4v) is 12.1. The summed E-state index contributed by atoms with van der Waals surface area (Å²) in [5, 5.41) is 14.7. The summed E-state index contributed by atoms with van der Waals surface area (Å²) in [6.45, 7) is 0. The number of aromatic nitrogens is 5. The number of hydrogen-bond acceptors (Lipinski definition) is 4. The second-order valence-electron chi connectivity index (χ2n) is 17.9. The highest BCUT2D eigenvalue weighted by Crippen LogP contribution is 2.43. The van der Waals surface area contributed by atoms with E-state index in [2.05, 4.69) is 197 Å². The Balaban J connectivity index is 0.902. The van der Waals surface area contributed by atoms with Crippen LogP contribution in [-0.4, -0.2) is 24.1 Å². The van der Waals surface area contributed by atoms with Crippen molar-refractivity contribution in [1.82, 2.24) is 24.1 Å². The smallest absolute Gasteiger partial charge is 0.164 e. The molecule has 69 heavy (non-hydrogen) atoms. The van der Waals surface area contributed by atoms with Gasteiger partial charge in [-0.15, -0.1) is 11.3 Å². The van der Waals surface area contributed by atoms with Gasteiger partial charge in [0.05, 0.1) is 22.1 Å². The number of thiophene rings is 1. The summed E-state index contributed by atoms with van der Waals surface area (Å²) in [6.07, 6.45) is 0. The molecule has 0 spiro atoms. The van der Waals surface area contributed by atoms with Crippen molar-refractivity contribution in [2.75, 3.05) is 0 Å². The fourth-order valence-electron chi connectivity index (χ4n) is 11.0. The molecular formula is C63H37N5S. The molecule has 4 heterocycles. The average Bonchev–Trinajstić information content (AvgIpc) is 4.07. The summed E-state index contributed by atoms with van der Waals surface area (Å²) in [7, 11) is 0. The van der Waals surface area contributed by atoms with Gasteiger partial charge >= 0.3 is 0 Å². The Kier molecular flexibility index (Phi) is 8.17. The Morgan fingerprint density at radius 2 is 0.696 bits per heavy atom. The van der Waals surface area contributed by atoms with Gasteiger partial charge in [-0.3, -0.25) is 0 Å². The first-order chi connectivity index (χ1) is 34.2. The van der Waals surface area contributed by atoms with Gasteiger partial charge in [-0.1, -0.05) is 158 Å². The number of rotatable bonds is 5. The van der Waals surface area contributed by atoms with Crippen LogP contribution in [0.5, 0.6) is 0 Å². The van der Waals surface area contributed by atoms with E-state index in [0.717, 1.165) is 33.5 Å². The van der Waals surface area contributed by atoms with E-state index in [0.29, 0.717) is 17.5 Å². The van der Waals surface area contributed by atoms with Crippen LogP contribution in [-0.2, 0) is 0 Å². The molecule has 0 unspecified atom stereocenters. The molecule has 0 N–H and O–H groups in total. The maximum absolute atomic E-state index is 5.08. The zero-order valence-electron chi connectivity index (χ0n) is 37.0. The minimum absolute atomic E-state index is 0.644. The lowest BCUT2D eigenvalue weighted by molar-refractivity contribution is 1.07. The molecule has 11 aromatic carbocycles. The van der Waals surface area contributed by atoms with E-state index in [9.17, 15) is 0 Å². The third-order valence-corrected chi connectivity index (χ3v) is 15.3. The third-order valence-electron chi connectivity index (χ3n) is 14.1. The zero-order chi connectivity index (χ0) is 45.2. The van der Waals surface area contributed by atoms with E-state index in [4.69, 9.17) is 15.0 Å². The van der Waals surface area contributed by atoms with Crippen molar-refractivity contribution in [2.24, 2.45) is 0 Å². The highest BCUT2D eigenvalue weighted by molar-refractivity contribution is 7.25. The van der Waals surface area contributed by atoms with Crippen molar-refractivity contribution >= 4 is 107 Å². The second-order valence-corrected chi connectivity index (χ2v) is 19.0. The SMILES string of the molecule is c1ccc(-c2nc(-c3ccccc3)nc(-c3ccc4c5ccc(-n6c7ccccc7c7cc(-n8c9ccccc9c9cc%10sc%11ccccc%11c%10cc98)ccc76)cc5c5ccccc5c4c3)n2)cc1. The van der Waals surface area contributed by atoms with E-state index in [1.54, 1.807) is 0 Å². The quantitative estimate of drug-likeness (QED) is 0.162. The van der Waals surface area contributed by atoms with Gasteiger partial charge in [-0.05, 0) is 99.0 Å². The molecule has 0 bridgehead atoms. The molecule has 320 valence electrons. The maximum Gasteiger partial charge on any atom is 0.164 e. The van der Waals surface area contributed by atoms with Gasteiger partial charge in [0.2, 0.25) is 0 Å². The molecule has 0 amide bonds. The number of nitrogens with zero attached hydrogens (tertiary/aromatic N) is 5. The average molecular weight is 896 g/mol. The third kappa shape index (κ3) is 5.79. The van der Waals surface area contributed by atoms with E-state index >= 15 is 0 Å². The topological polar surface area (TPSA) is 48.5 Å². The Morgan fingerprint density at radius 3 is 1.35 bits per heavy atom. The molecule has 5 nitrogen and oxygen atoms in total. The summed E-state index contributed by atoms with van der Waals surface area (Å²) >= 11 is 1.88. The van der Waals surface area contributed by atoms with Crippen molar-refractivity contribution in [1.29, 1.82) is 0 Å². The van der Waals surface area contributed by atoms with Crippen LogP contribution in [0.4, 0.5) is 0 Å². The number of para-hydroxylation sites is 2. The van der Waals surface area contributed by atoms with Crippen LogP contribution in [0, 0.1) is 0 Å². The summed E-state index contributed by atoms with van der Waals surface area (Å²) in [5.74, 6) is 1.94. The van der Waals surface area contributed by atoms with Crippen LogP contribution in [0.15, 0.2) is 224 Å². The van der Waals surface area contributed by atoms with Gasteiger partial charge in [0.15, 0.2) is 17.5 Å². The maximum atomic E-state index is 5.08. The highest BCUT2D eigenvalue weighted by atomic mass is 32.1. The number of hydrogen-bond donors (Lipinski definition) is 0. The lowest BCUT2D eigenvalue weighted by Gasteiger charge is -2.15. The van der Waals surface area contributed by atoms with Crippen molar-refractivity contribution < 1.29 is 0 Å². The largest absolute Gasteiger partial charge is 0.309 e. The molecule has 0 aliphatic rings. The summed E-state index contributed by atoms with van der Waals surface area (Å²) in [6, 6.07) is 81.1. The van der Waals surface area contributed by atoms with E-state index in [1.165, 1.54) is 90.7 Å². The van der Waals surface area contributed by atoms with E-state index < -0.39 is 0 Å². The summed E-state index contributed by atoms with van der Waals surface area (Å²) in [4.78, 5) is 15.1. The van der Waals surface area contributed by atoms with Crippen LogP contribution < -0.4 is 0 Å². The first kappa shape index (κ1) is 38.2. The summed E-state index contributed by atoms with van der Waals surface area (Å²) < 4.78 is 7.55. The molecule has 0 radical (unpaired) electrons. The molecule has 0 saturated heterocycles. The van der Waals surface area contributed by atoms with Crippen molar-refractivity contribution in [3.63, 3.8) is 0 Å². The highest BCUT2D eigenvalue weighted by Gasteiger charge is 2.20. The Bertz CT molecular complexity index is 4520. The number of fused-ring (bicyclic) bond motifs is 15. The molecule has 0 fully saturated rings. The molecule has 4 aromatic heterocycles. The predicted molar refractivity (Wildman–Crippen MR) is 290 cm³/mol. The molecule has 15 aromatic rings. The number of benzene rings is 11. The Labute approximate surface area is 399 Å². The van der Waals surface area contributed by atoms with E-state index in [1.807, 2.05) is 47.7 Å². The predicted octanol–water partition coefficient (Wildman–Crippen LogP) is 16.9. The molecule has 0 atom stereocenters. The van der Waals surface area contributed by atoms with Crippen molar-refractivity contribution in [3.8, 4) is 45.5 Å². The molecule has 0 saturated carbocycles. The lowest BCUT2D eigenvalue weighted by atomic mass is 9.93. The van der Waals surface area contributed by atoms with Gasteiger partial charge in [0.1, 0.15) is 0 Å². The normalized spacial score (nSPS) is 12.1. The van der Waals surface area contributed by atoms with Gasteiger partial charge < -0.3 is 9.13 Å². The van der Waals surface area contributed by atoms with Gasteiger partial charge in [0.25, 0.3) is 0 Å². The van der Waals surface area contributed by atoms with Crippen molar-refractivity contribution in [3.05, 3.63) is 224 Å². The zero-order valence-corrected chi connectivity index (χ0v) is 37.8. The minimum Gasteiger partial charge on any atom is -0.309 e. The fraction of sp³-hybridized carbons (Fsp3) is 0. The molecule has 0 aliphatic carbocycles. The minimum atomic E-state index is 0.644. The van der Waals surface area contributed by atoms with Crippen LogP contribution >= 0.6 is 11.3 Å². The molecule has 0 aliphatic heterocycles. The van der Waals surface area contributed by atoms with Crippen LogP contribution in [0.25, 0.3) is 142 Å². The Hall–Kier alpha value is -8.97. The molecule has 15 rings (SSSR count). The lowest BCUT2D eigenvalue weighted by Crippen LogP contribution is -2.00. The van der Waals surface area contributed by atoms with Crippen molar-refractivity contribution in [2.45, 2.75) is 0 Å². The standard InChI is InChI=1S/C63H37N5S/c1-3-15-38(16-4-1)61-64-62(39-17-5-2-6-18-39)66-63(65-61)40-27-30-45-46-31-28-41(34-51(46)44-20-8-7-19-43(44)50(45)33-40)67-55-24-12-9-21-47(55)52-35-42(29-32-57(52)67)68-56-25-13-10-22-48(56)53-37-60-54(36-58(53)68)49-23-11-14-26-59(49)69-60/h1-37H. The van der Waals surface area contributed by atoms with Crippen LogP contribution in [0.3, 0.4) is 0 Å². The van der Waals surface area contributed by atoms with Gasteiger partial charge in [-0.2, -0.15) is 0 Å². The van der Waals surface area contributed by atoms with Gasteiger partial charge in [0, 0.05) is 69.8 Å². The van der Waals surface area contributed by atoms with E-state index in [-0.39, 0.29) is 0 Å². The first-order valence-corrected chi connectivity index (χ1v) is 24.2. The molecular weight excluding hydrogens is 859 g/mol. The summed E-state index contributed by atoms with van der Waals surface area (Å²) in [5.41, 5.74) is 9.89. The molecule has 6 heteroatoms. The second kappa shape index (κ2) is 14.8. The van der Waals surface area contributed by atoms with Crippen LogP contribution in [0.1, 0.15) is 0 Å². The first-order valence-electron chi connectivity index (χ1n) is 23.3. The van der Waals surface area contributed by atoms with Gasteiger partial charge in [-0.25, -0.2) is 15.0 Å². The van der Waals surface area contributed by atoms with Crippen LogP contribution in [0.2, 0.25) is 0 Å².